The molecule has 9 heteroatoms. The summed E-state index contributed by atoms with van der Waals surface area (Å²) in [5.74, 6) is 0. The van der Waals surface area contributed by atoms with Crippen molar-refractivity contribution in [1.82, 2.24) is 15.2 Å². The molecule has 0 atom stereocenters. The van der Waals surface area contributed by atoms with Crippen LogP contribution in [0.5, 0.6) is 0 Å². The van der Waals surface area contributed by atoms with E-state index in [1.807, 2.05) is 0 Å². The van der Waals surface area contributed by atoms with E-state index in [0.29, 0.717) is 12.1 Å². The number of hydrogen-bond donors (Lipinski definition) is 1. The second-order valence-electron chi connectivity index (χ2n) is 4.94. The molecular formula is C12H16N6O3. The van der Waals surface area contributed by atoms with Crippen molar-refractivity contribution < 1.29 is 9.55 Å². The van der Waals surface area contributed by atoms with Gasteiger partial charge in [-0.3, -0.25) is 15.0 Å². The number of nitrogens with two attached hydrogens (primary N) is 1. The minimum Gasteiger partial charge on any atom is -0.367 e. The lowest BCUT2D eigenvalue weighted by atomic mass is 10.2. The number of rotatable bonds is 4. The van der Waals surface area contributed by atoms with E-state index in [4.69, 9.17) is 5.73 Å². The number of nitro groups is 1. The van der Waals surface area contributed by atoms with Crippen LogP contribution in [0.15, 0.2) is 16.8 Å². The van der Waals surface area contributed by atoms with E-state index in [0.717, 1.165) is 38.4 Å². The van der Waals surface area contributed by atoms with Crippen LogP contribution in [0.4, 0.5) is 11.4 Å². The summed E-state index contributed by atoms with van der Waals surface area (Å²) in [6.45, 7) is 4.98. The molecule has 0 radical (unpaired) electrons. The van der Waals surface area contributed by atoms with E-state index in [9.17, 15) is 10.1 Å². The third-order valence-corrected chi connectivity index (χ3v) is 3.73. The van der Waals surface area contributed by atoms with Gasteiger partial charge in [-0.05, 0) is 16.4 Å². The number of benzene rings is 1. The first-order chi connectivity index (χ1) is 10.2. The van der Waals surface area contributed by atoms with Gasteiger partial charge in [0.2, 0.25) is 5.52 Å². The molecule has 0 bridgehead atoms. The van der Waals surface area contributed by atoms with Gasteiger partial charge in [-0.1, -0.05) is 0 Å². The zero-order valence-corrected chi connectivity index (χ0v) is 11.4. The molecule has 3 rings (SSSR count). The molecular weight excluding hydrogens is 276 g/mol. The Bertz CT molecular complexity index is 649. The fraction of sp³-hybridized carbons (Fsp3) is 0.500. The molecule has 1 aromatic carbocycles. The summed E-state index contributed by atoms with van der Waals surface area (Å²) in [7, 11) is 0. The normalized spacial score (nSPS) is 16.5. The first-order valence-corrected chi connectivity index (χ1v) is 6.77. The van der Waals surface area contributed by atoms with Gasteiger partial charge < -0.3 is 10.6 Å². The number of hydrogen-bond acceptors (Lipinski definition) is 8. The number of piperazine rings is 1. The Morgan fingerprint density at radius 3 is 2.62 bits per heavy atom. The first-order valence-electron chi connectivity index (χ1n) is 6.77. The molecule has 0 spiro atoms. The van der Waals surface area contributed by atoms with Crippen LogP contribution >= 0.6 is 0 Å². The Balaban J connectivity index is 1.87. The van der Waals surface area contributed by atoms with Crippen molar-refractivity contribution in [3.8, 4) is 0 Å². The molecule has 1 fully saturated rings. The summed E-state index contributed by atoms with van der Waals surface area (Å²) in [5.41, 5.74) is 6.94. The van der Waals surface area contributed by atoms with E-state index in [1.54, 1.807) is 6.07 Å². The van der Waals surface area contributed by atoms with Crippen LogP contribution in [-0.2, 0) is 0 Å². The summed E-state index contributed by atoms with van der Waals surface area (Å²) in [6, 6.07) is 3.16. The maximum atomic E-state index is 11.0. The summed E-state index contributed by atoms with van der Waals surface area (Å²) in [4.78, 5) is 14.9. The van der Waals surface area contributed by atoms with Gasteiger partial charge in [0.05, 0.1) is 10.6 Å². The van der Waals surface area contributed by atoms with Crippen LogP contribution in [0.1, 0.15) is 0 Å². The van der Waals surface area contributed by atoms with Crippen molar-refractivity contribution in [3.05, 3.63) is 22.2 Å². The molecule has 1 aliphatic heterocycles. The Morgan fingerprint density at radius 1 is 1.24 bits per heavy atom. The summed E-state index contributed by atoms with van der Waals surface area (Å²) in [6.07, 6.45) is 0. The third kappa shape index (κ3) is 2.52. The molecule has 21 heavy (non-hydrogen) atoms. The quantitative estimate of drug-likeness (QED) is 0.628. The molecule has 112 valence electrons. The van der Waals surface area contributed by atoms with Crippen molar-refractivity contribution in [2.24, 2.45) is 5.73 Å². The number of nitro benzene ring substituents is 1. The topological polar surface area (TPSA) is 115 Å². The lowest BCUT2D eigenvalue weighted by molar-refractivity contribution is -0.383. The van der Waals surface area contributed by atoms with Gasteiger partial charge in [0.15, 0.2) is 5.52 Å². The highest BCUT2D eigenvalue weighted by Crippen LogP contribution is 2.31. The molecule has 2 heterocycles. The SMILES string of the molecule is NCCN1CCN(c2ccc([N+](=O)[O-])c3nonc23)CC1. The predicted molar refractivity (Wildman–Crippen MR) is 76.2 cm³/mol. The molecule has 1 saturated heterocycles. The molecule has 1 aliphatic rings. The van der Waals surface area contributed by atoms with Gasteiger partial charge in [-0.25, -0.2) is 4.63 Å². The fourth-order valence-electron chi connectivity index (χ4n) is 2.64. The van der Waals surface area contributed by atoms with Crippen LogP contribution in [0.2, 0.25) is 0 Å². The number of fused-ring (bicyclic) bond motifs is 1. The standard InChI is InChI=1S/C12H16N6O3/c13-3-4-16-5-7-17(8-6-16)9-1-2-10(18(19)20)12-11(9)14-21-15-12/h1-2H,3-8,13H2. The second-order valence-corrected chi connectivity index (χ2v) is 4.94. The zero-order valence-electron chi connectivity index (χ0n) is 11.4. The summed E-state index contributed by atoms with van der Waals surface area (Å²) in [5, 5.41) is 18.5. The van der Waals surface area contributed by atoms with Crippen LogP contribution in [-0.4, -0.2) is 59.4 Å². The first kappa shape index (κ1) is 13.7. The average molecular weight is 292 g/mol. The molecule has 9 nitrogen and oxygen atoms in total. The van der Waals surface area contributed by atoms with Crippen LogP contribution in [0.3, 0.4) is 0 Å². The number of anilines is 1. The van der Waals surface area contributed by atoms with E-state index < -0.39 is 4.92 Å². The van der Waals surface area contributed by atoms with Crippen molar-refractivity contribution in [2.45, 2.75) is 0 Å². The highest BCUT2D eigenvalue weighted by atomic mass is 16.6. The minimum atomic E-state index is -0.477. The molecule has 1 aromatic heterocycles. The molecule has 0 aliphatic carbocycles. The van der Waals surface area contributed by atoms with E-state index in [1.165, 1.54) is 6.07 Å². The Morgan fingerprint density at radius 2 is 1.95 bits per heavy atom. The number of aromatic nitrogens is 2. The maximum absolute atomic E-state index is 11.0. The van der Waals surface area contributed by atoms with Gasteiger partial charge in [0, 0.05) is 45.3 Å². The smallest absolute Gasteiger partial charge is 0.300 e. The second kappa shape index (κ2) is 5.62. The highest BCUT2D eigenvalue weighted by Gasteiger charge is 2.24. The summed E-state index contributed by atoms with van der Waals surface area (Å²) < 4.78 is 4.69. The predicted octanol–water partition coefficient (Wildman–Crippen LogP) is 0.212. The molecule has 0 saturated carbocycles. The van der Waals surface area contributed by atoms with Crippen molar-refractivity contribution >= 4 is 22.4 Å². The molecule has 0 unspecified atom stereocenters. The van der Waals surface area contributed by atoms with Gasteiger partial charge in [-0.2, -0.15) is 0 Å². The number of nitrogens with zero attached hydrogens (tertiary/aromatic N) is 5. The average Bonchev–Trinajstić information content (AvgIpc) is 2.96. The van der Waals surface area contributed by atoms with Crippen LogP contribution in [0.25, 0.3) is 11.0 Å². The van der Waals surface area contributed by atoms with Crippen molar-refractivity contribution in [2.75, 3.05) is 44.2 Å². The Kier molecular flexibility index (Phi) is 3.67. The van der Waals surface area contributed by atoms with Gasteiger partial charge in [0.25, 0.3) is 0 Å². The van der Waals surface area contributed by atoms with E-state index >= 15 is 0 Å². The largest absolute Gasteiger partial charge is 0.367 e. The lowest BCUT2D eigenvalue weighted by Crippen LogP contribution is -2.47. The Hall–Kier alpha value is -2.26. The van der Waals surface area contributed by atoms with E-state index in [2.05, 4.69) is 24.7 Å². The lowest BCUT2D eigenvalue weighted by Gasteiger charge is -2.35. The monoisotopic (exact) mass is 292 g/mol. The van der Waals surface area contributed by atoms with E-state index in [-0.39, 0.29) is 11.2 Å². The molecule has 2 aromatic rings. The van der Waals surface area contributed by atoms with Gasteiger partial charge >= 0.3 is 5.69 Å². The zero-order chi connectivity index (χ0) is 14.8. The Labute approximate surface area is 120 Å². The fourth-order valence-corrected chi connectivity index (χ4v) is 2.64. The highest BCUT2D eigenvalue weighted by molar-refractivity contribution is 5.93. The molecule has 0 amide bonds. The van der Waals surface area contributed by atoms with Gasteiger partial charge in [-0.15, -0.1) is 0 Å². The van der Waals surface area contributed by atoms with Crippen LogP contribution in [0, 0.1) is 10.1 Å². The molecule has 2 N–H and O–H groups in total. The third-order valence-electron chi connectivity index (χ3n) is 3.73. The van der Waals surface area contributed by atoms with Crippen molar-refractivity contribution in [1.29, 1.82) is 0 Å². The summed E-state index contributed by atoms with van der Waals surface area (Å²) >= 11 is 0. The number of non-ortho nitro benzene ring substituents is 1. The van der Waals surface area contributed by atoms with Crippen LogP contribution < -0.4 is 10.6 Å². The minimum absolute atomic E-state index is 0.0863. The maximum Gasteiger partial charge on any atom is 0.300 e. The van der Waals surface area contributed by atoms with Gasteiger partial charge in [0.1, 0.15) is 0 Å². The van der Waals surface area contributed by atoms with Crippen molar-refractivity contribution in [3.63, 3.8) is 0 Å².